The molecule has 0 atom stereocenters. The summed E-state index contributed by atoms with van der Waals surface area (Å²) in [5.74, 6) is 0. The highest BCUT2D eigenvalue weighted by molar-refractivity contribution is 6.34. The molecule has 4 nitrogen and oxygen atoms in total. The van der Waals surface area contributed by atoms with Crippen molar-refractivity contribution < 1.29 is 5.11 Å². The molecule has 2 aromatic rings. The minimum atomic E-state index is -0.0624. The Bertz CT molecular complexity index is 412. The van der Waals surface area contributed by atoms with Crippen LogP contribution >= 0.6 is 11.6 Å². The molecule has 0 aliphatic heterocycles. The highest BCUT2D eigenvalue weighted by atomic mass is 35.5. The quantitative estimate of drug-likeness (QED) is 0.651. The van der Waals surface area contributed by atoms with Gasteiger partial charge < -0.3 is 10.1 Å². The van der Waals surface area contributed by atoms with E-state index in [2.05, 4.69) is 15.0 Å². The number of rotatable bonds is 1. The number of aliphatic hydroxyl groups is 1. The van der Waals surface area contributed by atoms with Crippen molar-refractivity contribution in [3.05, 3.63) is 23.2 Å². The van der Waals surface area contributed by atoms with Crippen molar-refractivity contribution in [3.8, 4) is 0 Å². The molecule has 2 N–H and O–H groups in total. The summed E-state index contributed by atoms with van der Waals surface area (Å²) in [4.78, 5) is 10.6. The van der Waals surface area contributed by atoms with E-state index in [1.807, 2.05) is 0 Å². The van der Waals surface area contributed by atoms with Crippen LogP contribution in [-0.2, 0) is 6.61 Å². The predicted octanol–water partition coefficient (Wildman–Crippen LogP) is 1.10. The smallest absolute Gasteiger partial charge is 0.142 e. The second-order valence-electron chi connectivity index (χ2n) is 2.36. The van der Waals surface area contributed by atoms with Crippen molar-refractivity contribution in [1.82, 2.24) is 15.0 Å². The largest absolute Gasteiger partial charge is 0.392 e. The molecule has 2 aromatic heterocycles. The maximum Gasteiger partial charge on any atom is 0.142 e. The zero-order chi connectivity index (χ0) is 8.55. The first-order valence-electron chi connectivity index (χ1n) is 3.40. The fraction of sp³-hybridized carbons (Fsp3) is 0.143. The van der Waals surface area contributed by atoms with Crippen molar-refractivity contribution in [2.24, 2.45) is 0 Å². The number of hydrogen-bond donors (Lipinski definition) is 2. The van der Waals surface area contributed by atoms with Gasteiger partial charge in [0.05, 0.1) is 12.0 Å². The lowest BCUT2D eigenvalue weighted by Gasteiger charge is -1.93. The van der Waals surface area contributed by atoms with Gasteiger partial charge in [-0.1, -0.05) is 11.6 Å². The molecule has 12 heavy (non-hydrogen) atoms. The Labute approximate surface area is 73.2 Å². The second kappa shape index (κ2) is 2.73. The first-order chi connectivity index (χ1) is 5.83. The zero-order valence-electron chi connectivity index (χ0n) is 6.08. The Morgan fingerprint density at radius 1 is 1.50 bits per heavy atom. The summed E-state index contributed by atoms with van der Waals surface area (Å²) in [5, 5.41) is 9.98. The van der Waals surface area contributed by atoms with Crippen molar-refractivity contribution in [1.29, 1.82) is 0 Å². The lowest BCUT2D eigenvalue weighted by atomic mass is 10.3. The number of aliphatic hydroxyl groups excluding tert-OH is 1. The van der Waals surface area contributed by atoms with E-state index in [-0.39, 0.29) is 6.61 Å². The monoisotopic (exact) mass is 183 g/mol. The van der Waals surface area contributed by atoms with Gasteiger partial charge in [0.1, 0.15) is 17.1 Å². The number of halogens is 1. The Hall–Kier alpha value is -1.13. The molecular weight excluding hydrogens is 178 g/mol. The molecule has 0 fully saturated rings. The third kappa shape index (κ3) is 0.964. The second-order valence-corrected chi connectivity index (χ2v) is 2.72. The third-order valence-electron chi connectivity index (χ3n) is 1.68. The Balaban J connectivity index is 2.83. The summed E-state index contributed by atoms with van der Waals surface area (Å²) in [6.07, 6.45) is 3.05. The molecule has 0 bridgehead atoms. The molecule has 0 aliphatic carbocycles. The fourth-order valence-corrected chi connectivity index (χ4v) is 1.36. The topological polar surface area (TPSA) is 61.8 Å². The van der Waals surface area contributed by atoms with Gasteiger partial charge in [0, 0.05) is 11.8 Å². The van der Waals surface area contributed by atoms with Gasteiger partial charge in [-0.25, -0.2) is 9.97 Å². The highest BCUT2D eigenvalue weighted by Crippen LogP contribution is 2.22. The van der Waals surface area contributed by atoms with Gasteiger partial charge in [0.25, 0.3) is 0 Å². The van der Waals surface area contributed by atoms with Crippen LogP contribution in [0.25, 0.3) is 11.0 Å². The van der Waals surface area contributed by atoms with E-state index in [1.165, 1.54) is 6.33 Å². The van der Waals surface area contributed by atoms with Crippen LogP contribution in [-0.4, -0.2) is 20.1 Å². The number of fused-ring (bicyclic) bond motifs is 1. The number of aromatic nitrogens is 3. The third-order valence-corrected chi connectivity index (χ3v) is 1.96. The van der Waals surface area contributed by atoms with Crippen LogP contribution < -0.4 is 0 Å². The van der Waals surface area contributed by atoms with Crippen LogP contribution in [0.5, 0.6) is 0 Å². The first-order valence-corrected chi connectivity index (χ1v) is 3.78. The van der Waals surface area contributed by atoms with E-state index in [4.69, 9.17) is 16.7 Å². The van der Waals surface area contributed by atoms with E-state index in [1.54, 1.807) is 6.20 Å². The predicted molar refractivity (Wildman–Crippen MR) is 44.8 cm³/mol. The molecule has 0 aromatic carbocycles. The normalized spacial score (nSPS) is 10.8. The van der Waals surface area contributed by atoms with Gasteiger partial charge >= 0.3 is 0 Å². The van der Waals surface area contributed by atoms with Gasteiger partial charge in [-0.3, -0.25) is 0 Å². The van der Waals surface area contributed by atoms with Crippen molar-refractivity contribution in [2.45, 2.75) is 6.61 Å². The Morgan fingerprint density at radius 3 is 3.08 bits per heavy atom. The maximum atomic E-state index is 8.91. The van der Waals surface area contributed by atoms with Crippen LogP contribution in [0.1, 0.15) is 5.56 Å². The van der Waals surface area contributed by atoms with Crippen LogP contribution in [0.2, 0.25) is 5.15 Å². The van der Waals surface area contributed by atoms with Crippen molar-refractivity contribution >= 4 is 22.6 Å². The number of hydrogen-bond acceptors (Lipinski definition) is 3. The highest BCUT2D eigenvalue weighted by Gasteiger charge is 2.07. The van der Waals surface area contributed by atoms with Crippen LogP contribution in [0, 0.1) is 0 Å². The molecule has 0 aliphatic rings. The number of aromatic amines is 1. The first kappa shape index (κ1) is 7.52. The Kier molecular flexibility index (Phi) is 1.71. The fourth-order valence-electron chi connectivity index (χ4n) is 1.11. The average molecular weight is 184 g/mol. The molecule has 5 heteroatoms. The summed E-state index contributed by atoms with van der Waals surface area (Å²) in [6.45, 7) is -0.0624. The average Bonchev–Trinajstić information content (AvgIpc) is 2.49. The van der Waals surface area contributed by atoms with Crippen LogP contribution in [0.15, 0.2) is 12.5 Å². The number of H-pyrrole nitrogens is 1. The van der Waals surface area contributed by atoms with Crippen molar-refractivity contribution in [2.75, 3.05) is 0 Å². The zero-order valence-corrected chi connectivity index (χ0v) is 6.84. The standard InChI is InChI=1S/C7H6ClN3O/c8-6-5-4(2-12)1-9-7(5)11-3-10-6/h1,3,12H,2H2,(H,9,10,11). The lowest BCUT2D eigenvalue weighted by molar-refractivity contribution is 0.283. The van der Waals surface area contributed by atoms with Gasteiger partial charge in [-0.15, -0.1) is 0 Å². The van der Waals surface area contributed by atoms with E-state index >= 15 is 0 Å². The number of nitrogens with one attached hydrogen (secondary N) is 1. The molecular formula is C7H6ClN3O. The van der Waals surface area contributed by atoms with Gasteiger partial charge in [0.15, 0.2) is 0 Å². The summed E-state index contributed by atoms with van der Waals surface area (Å²) < 4.78 is 0. The minimum absolute atomic E-state index is 0.0624. The molecule has 62 valence electrons. The van der Waals surface area contributed by atoms with E-state index < -0.39 is 0 Å². The molecule has 0 amide bonds. The molecule has 0 radical (unpaired) electrons. The van der Waals surface area contributed by atoms with Gasteiger partial charge in [-0.05, 0) is 0 Å². The summed E-state index contributed by atoms with van der Waals surface area (Å²) in [5.41, 5.74) is 1.37. The lowest BCUT2D eigenvalue weighted by Crippen LogP contribution is -1.84. The Morgan fingerprint density at radius 2 is 2.33 bits per heavy atom. The molecule has 2 heterocycles. The summed E-state index contributed by atoms with van der Waals surface area (Å²) >= 11 is 5.80. The van der Waals surface area contributed by atoms with Crippen LogP contribution in [0.3, 0.4) is 0 Å². The van der Waals surface area contributed by atoms with E-state index in [9.17, 15) is 0 Å². The summed E-state index contributed by atoms with van der Waals surface area (Å²) in [7, 11) is 0. The van der Waals surface area contributed by atoms with E-state index in [0.29, 0.717) is 16.2 Å². The van der Waals surface area contributed by atoms with Gasteiger partial charge in [-0.2, -0.15) is 0 Å². The minimum Gasteiger partial charge on any atom is -0.392 e. The van der Waals surface area contributed by atoms with Crippen molar-refractivity contribution in [3.63, 3.8) is 0 Å². The molecule has 2 rings (SSSR count). The van der Waals surface area contributed by atoms with Crippen LogP contribution in [0.4, 0.5) is 0 Å². The maximum absolute atomic E-state index is 8.91. The summed E-state index contributed by atoms with van der Waals surface area (Å²) in [6, 6.07) is 0. The molecule has 0 unspecified atom stereocenters. The molecule has 0 spiro atoms. The molecule has 0 saturated carbocycles. The SMILES string of the molecule is OCc1c[nH]c2ncnc(Cl)c12. The van der Waals surface area contributed by atoms with Gasteiger partial charge in [0.2, 0.25) is 0 Å². The van der Waals surface area contributed by atoms with E-state index in [0.717, 1.165) is 5.56 Å². The number of nitrogens with zero attached hydrogens (tertiary/aromatic N) is 2. The molecule has 0 saturated heterocycles.